The van der Waals surface area contributed by atoms with Crippen LogP contribution in [0.3, 0.4) is 0 Å². The third kappa shape index (κ3) is 4.31. The molecule has 32 heavy (non-hydrogen) atoms. The number of carbonyl (C=O) groups excluding carboxylic acids is 1. The van der Waals surface area contributed by atoms with Crippen molar-refractivity contribution >= 4 is 48.7 Å². The Kier molecular flexibility index (Phi) is 5.89. The second kappa shape index (κ2) is 8.37. The molecule has 0 unspecified atom stereocenters. The summed E-state index contributed by atoms with van der Waals surface area (Å²) >= 11 is 3.51. The molecule has 3 aromatic rings. The molecule has 1 amide bonds. The van der Waals surface area contributed by atoms with E-state index in [1.165, 1.54) is 3.97 Å². The van der Waals surface area contributed by atoms with Crippen LogP contribution in [0.4, 0.5) is 4.79 Å². The lowest BCUT2D eigenvalue weighted by Gasteiger charge is -2.29. The molecule has 1 aliphatic rings. The number of hydrogen-bond donors (Lipinski definition) is 0. The predicted octanol–water partition coefficient (Wildman–Crippen LogP) is 5.06. The van der Waals surface area contributed by atoms with E-state index in [9.17, 15) is 13.2 Å². The lowest BCUT2D eigenvalue weighted by atomic mass is 10.1. The van der Waals surface area contributed by atoms with E-state index in [1.54, 1.807) is 47.5 Å². The molecular formula is C23H24BrN3O4S. The smallest absolute Gasteiger partial charge is 0.410 e. The first-order chi connectivity index (χ1) is 15.1. The summed E-state index contributed by atoms with van der Waals surface area (Å²) in [5, 5.41) is 0.706. The summed E-state index contributed by atoms with van der Waals surface area (Å²) in [5.74, 6) is 0. The van der Waals surface area contributed by atoms with Crippen molar-refractivity contribution in [2.24, 2.45) is 0 Å². The number of fused-ring (bicyclic) bond motifs is 1. The van der Waals surface area contributed by atoms with Crippen molar-refractivity contribution in [3.8, 4) is 0 Å². The van der Waals surface area contributed by atoms with Crippen LogP contribution in [0.25, 0.3) is 16.6 Å². The summed E-state index contributed by atoms with van der Waals surface area (Å²) < 4.78 is 34.7. The van der Waals surface area contributed by atoms with Crippen LogP contribution in [0.15, 0.2) is 64.1 Å². The third-order valence-corrected chi connectivity index (χ3v) is 7.49. The number of nitrogens with zero attached hydrogens (tertiary/aromatic N) is 3. The first-order valence-corrected chi connectivity index (χ1v) is 12.5. The van der Waals surface area contributed by atoms with Crippen molar-refractivity contribution in [1.29, 1.82) is 0 Å². The maximum Gasteiger partial charge on any atom is 0.410 e. The Morgan fingerprint density at radius 1 is 1.16 bits per heavy atom. The summed E-state index contributed by atoms with van der Waals surface area (Å²) in [5.41, 5.74) is 1.17. The molecule has 0 N–H and O–H groups in total. The quantitative estimate of drug-likeness (QED) is 0.484. The summed E-state index contributed by atoms with van der Waals surface area (Å²) in [7, 11) is -3.89. The monoisotopic (exact) mass is 517 g/mol. The molecule has 1 aliphatic heterocycles. The van der Waals surface area contributed by atoms with Crippen LogP contribution < -0.4 is 0 Å². The van der Waals surface area contributed by atoms with Gasteiger partial charge in [-0.3, -0.25) is 0 Å². The Labute approximate surface area is 195 Å². The van der Waals surface area contributed by atoms with Gasteiger partial charge in [-0.25, -0.2) is 22.2 Å². The van der Waals surface area contributed by atoms with Crippen molar-refractivity contribution < 1.29 is 17.9 Å². The minimum absolute atomic E-state index is 0.187. The number of amides is 1. The van der Waals surface area contributed by atoms with Gasteiger partial charge in [0.05, 0.1) is 10.6 Å². The molecule has 1 aromatic carbocycles. The van der Waals surface area contributed by atoms with Gasteiger partial charge in [-0.15, -0.1) is 0 Å². The average Bonchev–Trinajstić information content (AvgIpc) is 3.15. The van der Waals surface area contributed by atoms with Gasteiger partial charge < -0.3 is 9.64 Å². The minimum Gasteiger partial charge on any atom is -0.444 e. The van der Waals surface area contributed by atoms with Crippen molar-refractivity contribution in [3.05, 3.63) is 64.9 Å². The van der Waals surface area contributed by atoms with Gasteiger partial charge in [0.2, 0.25) is 0 Å². The van der Waals surface area contributed by atoms with Crippen LogP contribution in [-0.2, 0) is 14.8 Å². The highest BCUT2D eigenvalue weighted by atomic mass is 79.9. The molecule has 0 radical (unpaired) electrons. The Morgan fingerprint density at radius 2 is 1.88 bits per heavy atom. The van der Waals surface area contributed by atoms with Crippen LogP contribution in [0.1, 0.15) is 32.9 Å². The zero-order valence-electron chi connectivity index (χ0n) is 18.1. The van der Waals surface area contributed by atoms with E-state index in [1.807, 2.05) is 32.9 Å². The van der Waals surface area contributed by atoms with E-state index < -0.39 is 15.6 Å². The van der Waals surface area contributed by atoms with Gasteiger partial charge in [0, 0.05) is 29.1 Å². The highest BCUT2D eigenvalue weighted by Gasteiger charge is 2.29. The van der Waals surface area contributed by atoms with Gasteiger partial charge in [0.1, 0.15) is 5.60 Å². The normalized spacial score (nSPS) is 15.0. The highest BCUT2D eigenvalue weighted by molar-refractivity contribution is 9.10. The molecule has 9 heteroatoms. The topological polar surface area (TPSA) is 81.5 Å². The largest absolute Gasteiger partial charge is 0.444 e. The van der Waals surface area contributed by atoms with Gasteiger partial charge in [-0.2, -0.15) is 0 Å². The van der Waals surface area contributed by atoms with E-state index in [-0.39, 0.29) is 11.0 Å². The molecule has 2 aromatic heterocycles. The first kappa shape index (κ1) is 22.5. The minimum atomic E-state index is -3.89. The van der Waals surface area contributed by atoms with Crippen LogP contribution >= 0.6 is 15.9 Å². The van der Waals surface area contributed by atoms with Crippen molar-refractivity contribution in [1.82, 2.24) is 13.9 Å². The molecule has 0 aliphatic carbocycles. The Balaban J connectivity index is 1.78. The Hall–Kier alpha value is -2.65. The van der Waals surface area contributed by atoms with Gasteiger partial charge in [0.25, 0.3) is 10.0 Å². The molecule has 0 atom stereocenters. The lowest BCUT2D eigenvalue weighted by molar-refractivity contribution is 0.0270. The Bertz CT molecular complexity index is 1310. The average molecular weight is 518 g/mol. The predicted molar refractivity (Wildman–Crippen MR) is 127 cm³/mol. The van der Waals surface area contributed by atoms with Gasteiger partial charge in [0.15, 0.2) is 5.65 Å². The molecular weight excluding hydrogens is 494 g/mol. The second-order valence-electron chi connectivity index (χ2n) is 8.55. The standard InChI is InChI=1S/C23H24BrN3O4S/c1-23(2,3)31-22(28)26-13-10-16(11-14-26)20-15-18-19(24)9-12-25-21(18)27(20)32(29,30)17-7-5-4-6-8-17/h4-10,12,15H,11,13-14H2,1-3H3. The highest BCUT2D eigenvalue weighted by Crippen LogP contribution is 2.34. The van der Waals surface area contributed by atoms with Gasteiger partial charge in [-0.1, -0.05) is 24.3 Å². The fraction of sp³-hybridized carbons (Fsp3) is 0.304. The fourth-order valence-corrected chi connectivity index (χ4v) is 5.53. The molecule has 168 valence electrons. The van der Waals surface area contributed by atoms with E-state index >= 15 is 0 Å². The molecule has 7 nitrogen and oxygen atoms in total. The van der Waals surface area contributed by atoms with Gasteiger partial charge in [-0.05, 0) is 73.0 Å². The zero-order valence-corrected chi connectivity index (χ0v) is 20.5. The fourth-order valence-electron chi connectivity index (χ4n) is 3.60. The summed E-state index contributed by atoms with van der Waals surface area (Å²) in [6.45, 7) is 6.25. The van der Waals surface area contributed by atoms with Crippen molar-refractivity contribution in [2.45, 2.75) is 37.7 Å². The number of carbonyl (C=O) groups is 1. The maximum atomic E-state index is 13.6. The number of hydrogen-bond acceptors (Lipinski definition) is 5. The van der Waals surface area contributed by atoms with Crippen molar-refractivity contribution in [3.63, 3.8) is 0 Å². The molecule has 3 heterocycles. The SMILES string of the molecule is CC(C)(C)OC(=O)N1CC=C(c2cc3c(Br)ccnc3n2S(=O)(=O)c2ccccc2)CC1. The molecule has 0 spiro atoms. The second-order valence-corrected chi connectivity index (χ2v) is 11.2. The lowest BCUT2D eigenvalue weighted by Crippen LogP contribution is -2.39. The van der Waals surface area contributed by atoms with E-state index in [2.05, 4.69) is 20.9 Å². The molecule has 4 rings (SSSR count). The van der Waals surface area contributed by atoms with E-state index in [0.29, 0.717) is 36.2 Å². The van der Waals surface area contributed by atoms with Crippen LogP contribution in [-0.4, -0.2) is 47.1 Å². The number of rotatable bonds is 3. The van der Waals surface area contributed by atoms with E-state index in [0.717, 1.165) is 10.0 Å². The number of benzene rings is 1. The van der Waals surface area contributed by atoms with Crippen molar-refractivity contribution in [2.75, 3.05) is 13.1 Å². The van der Waals surface area contributed by atoms with Crippen LogP contribution in [0, 0.1) is 0 Å². The summed E-state index contributed by atoms with van der Waals surface area (Å²) in [4.78, 5) is 18.6. The third-order valence-electron chi connectivity index (χ3n) is 5.08. The Morgan fingerprint density at radius 3 is 2.50 bits per heavy atom. The van der Waals surface area contributed by atoms with Gasteiger partial charge >= 0.3 is 6.09 Å². The maximum absolute atomic E-state index is 13.6. The number of pyridine rings is 1. The first-order valence-electron chi connectivity index (χ1n) is 10.2. The summed E-state index contributed by atoms with van der Waals surface area (Å²) in [6, 6.07) is 11.9. The molecule has 0 bridgehead atoms. The molecule has 0 saturated carbocycles. The zero-order chi connectivity index (χ0) is 23.1. The van der Waals surface area contributed by atoms with Crippen LogP contribution in [0.2, 0.25) is 0 Å². The number of ether oxygens (including phenoxy) is 1. The molecule has 0 saturated heterocycles. The number of aromatic nitrogens is 2. The van der Waals surface area contributed by atoms with Crippen LogP contribution in [0.5, 0.6) is 0 Å². The molecule has 0 fully saturated rings. The summed E-state index contributed by atoms with van der Waals surface area (Å²) in [6.07, 6.45) is 3.58. The number of halogens is 1. The van der Waals surface area contributed by atoms with E-state index in [4.69, 9.17) is 4.74 Å².